The first-order chi connectivity index (χ1) is 10.8. The van der Waals surface area contributed by atoms with Gasteiger partial charge in [-0.2, -0.15) is 12.1 Å². The van der Waals surface area contributed by atoms with E-state index in [1.165, 1.54) is 16.1 Å². The zero-order chi connectivity index (χ0) is 15.6. The molecule has 0 radical (unpaired) electrons. The van der Waals surface area contributed by atoms with Crippen molar-refractivity contribution in [3.05, 3.63) is 84.4 Å². The molecule has 0 aliphatic heterocycles. The topological polar surface area (TPSA) is 0 Å². The molecule has 0 atom stereocenters. The molecule has 1 aliphatic carbocycles. The number of halogens is 2. The van der Waals surface area contributed by atoms with Crippen molar-refractivity contribution in [3.8, 4) is 5.30 Å². The Kier molecular flexibility index (Phi) is 8.23. The number of allylic oxidation sites excluding steroid dienone is 4. The largest absolute Gasteiger partial charge is 0.157 e. The molecule has 1 heterocycles. The van der Waals surface area contributed by atoms with Gasteiger partial charge in [-0.1, -0.05) is 23.5 Å². The van der Waals surface area contributed by atoms with Crippen LogP contribution in [0.25, 0.3) is 16.1 Å². The molecule has 0 N–H and O–H groups in total. The molecule has 2 aromatic carbocycles. The Labute approximate surface area is 149 Å². The van der Waals surface area contributed by atoms with Gasteiger partial charge in [-0.15, -0.1) is 49.0 Å². The first-order valence-corrected chi connectivity index (χ1v) is 12.6. The van der Waals surface area contributed by atoms with E-state index in [2.05, 4.69) is 72.3 Å². The fraction of sp³-hybridized carbons (Fsp3) is 0.0556. The van der Waals surface area contributed by atoms with Crippen LogP contribution in [0.5, 0.6) is 0 Å². The third kappa shape index (κ3) is 5.54. The minimum Gasteiger partial charge on any atom is -0.157 e. The Morgan fingerprint density at radius 2 is 1.82 bits per heavy atom. The molecule has 0 saturated heterocycles. The van der Waals surface area contributed by atoms with E-state index in [0.29, 0.717) is 0 Å². The molecule has 0 nitrogen and oxygen atoms in total. The Balaban J connectivity index is 0.000000184. The van der Waals surface area contributed by atoms with Crippen LogP contribution in [0.15, 0.2) is 78.4 Å². The van der Waals surface area contributed by atoms with Crippen LogP contribution in [0, 0.1) is 6.08 Å². The maximum Gasteiger partial charge on any atom is -0.0395 e. The summed E-state index contributed by atoms with van der Waals surface area (Å²) < 4.78 is 0. The Morgan fingerprint density at radius 1 is 1.09 bits per heavy atom. The molecule has 0 spiro atoms. The first-order valence-electron chi connectivity index (χ1n) is 6.82. The summed E-state index contributed by atoms with van der Waals surface area (Å²) in [7, 11) is 9.63. The van der Waals surface area contributed by atoms with Gasteiger partial charge in [-0.3, -0.25) is 6.08 Å². The molecule has 0 bridgehead atoms. The van der Waals surface area contributed by atoms with E-state index in [-0.39, 0.29) is 7.53 Å². The Bertz CT molecular complexity index is 683. The van der Waals surface area contributed by atoms with Gasteiger partial charge in [0, 0.05) is 0 Å². The molecule has 0 amide bonds. The molecule has 4 heteroatoms. The number of fused-ring (bicyclic) bond motifs is 1. The van der Waals surface area contributed by atoms with Gasteiger partial charge in [0.25, 0.3) is 0 Å². The summed E-state index contributed by atoms with van der Waals surface area (Å²) in [6, 6.07) is 17.4. The SMILES string of the molecule is [C-]1=CC=CC1.[Cl][Ti][Cl].c1ccc2[cH-]c(-p3cccc3)cc2c1. The summed E-state index contributed by atoms with van der Waals surface area (Å²) in [4.78, 5) is 0. The van der Waals surface area contributed by atoms with Gasteiger partial charge in [-0.05, 0) is 11.6 Å². The van der Waals surface area contributed by atoms with Crippen molar-refractivity contribution >= 4 is 36.9 Å². The summed E-state index contributed by atoms with van der Waals surface area (Å²) in [5.41, 5.74) is 0. The minimum atomic E-state index is -0.556. The predicted octanol–water partition coefficient (Wildman–Crippen LogP) is 7.22. The average Bonchev–Trinajstić information content (AvgIpc) is 3.29. The molecule has 22 heavy (non-hydrogen) atoms. The average molecular weight is 381 g/mol. The van der Waals surface area contributed by atoms with Gasteiger partial charge >= 0.3 is 35.6 Å². The molecular weight excluding hydrogens is 366 g/mol. The second-order valence-corrected chi connectivity index (χ2v) is 9.01. The van der Waals surface area contributed by atoms with Gasteiger partial charge in [0.2, 0.25) is 0 Å². The van der Waals surface area contributed by atoms with Gasteiger partial charge < -0.3 is 0 Å². The van der Waals surface area contributed by atoms with E-state index >= 15 is 0 Å². The van der Waals surface area contributed by atoms with Crippen LogP contribution in [0.1, 0.15) is 6.42 Å². The van der Waals surface area contributed by atoms with Gasteiger partial charge in [0.1, 0.15) is 0 Å². The predicted molar refractivity (Wildman–Crippen MR) is 96.9 cm³/mol. The maximum atomic E-state index is 4.89. The number of hydrogen-bond acceptors (Lipinski definition) is 0. The van der Waals surface area contributed by atoms with E-state index in [0.717, 1.165) is 6.42 Å². The molecule has 112 valence electrons. The molecular formula is C18H15Cl2PTi-2. The van der Waals surface area contributed by atoms with Crippen molar-refractivity contribution in [1.29, 1.82) is 0 Å². The zero-order valence-corrected chi connectivity index (χ0v) is 15.9. The molecule has 1 aromatic heterocycles. The molecule has 3 aromatic rings. The monoisotopic (exact) mass is 380 g/mol. The van der Waals surface area contributed by atoms with Crippen LogP contribution >= 0.6 is 26.1 Å². The quantitative estimate of drug-likeness (QED) is 0.309. The fourth-order valence-electron chi connectivity index (χ4n) is 2.13. The molecule has 0 saturated carbocycles. The summed E-state index contributed by atoms with van der Waals surface area (Å²) in [6.07, 6.45) is 10.0. The van der Waals surface area contributed by atoms with Crippen LogP contribution in [0.4, 0.5) is 0 Å². The van der Waals surface area contributed by atoms with Crippen molar-refractivity contribution < 1.29 is 17.0 Å². The third-order valence-corrected chi connectivity index (χ3v) is 4.93. The van der Waals surface area contributed by atoms with Gasteiger partial charge in [0.15, 0.2) is 0 Å². The second kappa shape index (κ2) is 10.2. The van der Waals surface area contributed by atoms with Crippen LogP contribution in [0.3, 0.4) is 0 Å². The molecule has 0 fully saturated rings. The van der Waals surface area contributed by atoms with Crippen molar-refractivity contribution in [2.45, 2.75) is 6.42 Å². The molecule has 0 unspecified atom stereocenters. The Hall–Kier alpha value is -0.616. The third-order valence-electron chi connectivity index (χ3n) is 3.09. The van der Waals surface area contributed by atoms with E-state index in [4.69, 9.17) is 18.6 Å². The van der Waals surface area contributed by atoms with E-state index in [9.17, 15) is 0 Å². The van der Waals surface area contributed by atoms with Crippen molar-refractivity contribution in [1.82, 2.24) is 0 Å². The van der Waals surface area contributed by atoms with Gasteiger partial charge in [0.05, 0.1) is 0 Å². The second-order valence-electron chi connectivity index (χ2n) is 4.51. The molecule has 4 rings (SSSR count). The van der Waals surface area contributed by atoms with E-state index in [1.54, 1.807) is 0 Å². The number of rotatable bonds is 1. The standard InChI is InChI=1S/C13H10P.C5H5.2ClH.Ti/c1-2-6-12-10-13(9-11(12)5-1)14-7-3-4-8-14;1-2-4-5-3-1;;;/h1-10H;1-3H,4H2;2*1H;/q2*-1;;;+2/p-2. The molecule has 1 aliphatic rings. The van der Waals surface area contributed by atoms with Crippen LogP contribution in [-0.4, -0.2) is 0 Å². The first kappa shape index (κ1) is 17.7. The summed E-state index contributed by atoms with van der Waals surface area (Å²) in [6.45, 7) is 0. The fourth-order valence-corrected chi connectivity index (χ4v) is 3.72. The number of benzene rings is 1. The van der Waals surface area contributed by atoms with Crippen molar-refractivity contribution in [2.24, 2.45) is 0 Å². The van der Waals surface area contributed by atoms with Crippen molar-refractivity contribution in [3.63, 3.8) is 0 Å². The number of hydrogen-bond donors (Lipinski definition) is 0. The van der Waals surface area contributed by atoms with Crippen molar-refractivity contribution in [2.75, 3.05) is 0 Å². The zero-order valence-electron chi connectivity index (χ0n) is 11.9. The van der Waals surface area contributed by atoms with E-state index in [1.807, 2.05) is 12.2 Å². The maximum absolute atomic E-state index is 4.89. The van der Waals surface area contributed by atoms with Crippen LogP contribution < -0.4 is 0 Å². The summed E-state index contributed by atoms with van der Waals surface area (Å²) >= 11 is -0.556. The summed E-state index contributed by atoms with van der Waals surface area (Å²) in [5, 5.41) is 4.18. The van der Waals surface area contributed by atoms with Gasteiger partial charge in [-0.25, -0.2) is 12.2 Å². The van der Waals surface area contributed by atoms with E-state index < -0.39 is 17.0 Å². The minimum absolute atomic E-state index is 0.148. The van der Waals surface area contributed by atoms with Crippen LogP contribution in [0.2, 0.25) is 0 Å². The smallest absolute Gasteiger partial charge is 0.0395 e. The Morgan fingerprint density at radius 3 is 2.36 bits per heavy atom. The normalized spacial score (nSPS) is 11.5. The summed E-state index contributed by atoms with van der Waals surface area (Å²) in [5.74, 6) is 4.59. The van der Waals surface area contributed by atoms with Crippen LogP contribution in [-0.2, 0) is 17.0 Å².